The molecule has 0 unspecified atom stereocenters. The topological polar surface area (TPSA) is 46.3 Å². The Morgan fingerprint density at radius 3 is 2.89 bits per heavy atom. The van der Waals surface area contributed by atoms with E-state index in [1.165, 1.54) is 12.1 Å². The number of halogens is 3. The van der Waals surface area contributed by atoms with Gasteiger partial charge in [-0.15, -0.1) is 12.4 Å². The van der Waals surface area contributed by atoms with Crippen LogP contribution in [0.4, 0.5) is 4.39 Å². The lowest BCUT2D eigenvalue weighted by molar-refractivity contribution is 0.0707. The molecular formula is C12H15BrClFN2O. The third-order valence-electron chi connectivity index (χ3n) is 2.90. The Morgan fingerprint density at radius 1 is 1.50 bits per heavy atom. The van der Waals surface area contributed by atoms with E-state index < -0.39 is 5.82 Å². The summed E-state index contributed by atoms with van der Waals surface area (Å²) in [6, 6.07) is 4.15. The molecule has 1 atom stereocenters. The van der Waals surface area contributed by atoms with Crippen LogP contribution in [-0.4, -0.2) is 29.9 Å². The Balaban J connectivity index is 0.00000162. The van der Waals surface area contributed by atoms with E-state index in [1.807, 2.05) is 0 Å². The summed E-state index contributed by atoms with van der Waals surface area (Å²) < 4.78 is 13.7. The van der Waals surface area contributed by atoms with Crippen molar-refractivity contribution in [1.82, 2.24) is 4.90 Å². The van der Waals surface area contributed by atoms with Gasteiger partial charge in [0, 0.05) is 23.6 Å². The summed E-state index contributed by atoms with van der Waals surface area (Å²) in [5.41, 5.74) is 6.19. The molecule has 1 aromatic rings. The highest BCUT2D eigenvalue weighted by molar-refractivity contribution is 9.10. The second-order valence-electron chi connectivity index (χ2n) is 4.28. The van der Waals surface area contributed by atoms with Gasteiger partial charge < -0.3 is 10.6 Å². The third-order valence-corrected chi connectivity index (χ3v) is 3.60. The molecule has 0 radical (unpaired) electrons. The van der Waals surface area contributed by atoms with Crippen molar-refractivity contribution in [2.75, 3.05) is 13.1 Å². The van der Waals surface area contributed by atoms with Crippen LogP contribution in [0.1, 0.15) is 23.2 Å². The summed E-state index contributed by atoms with van der Waals surface area (Å²) in [4.78, 5) is 13.9. The van der Waals surface area contributed by atoms with Crippen LogP contribution in [0.3, 0.4) is 0 Å². The van der Waals surface area contributed by atoms with Crippen molar-refractivity contribution in [3.05, 3.63) is 34.1 Å². The molecule has 1 amide bonds. The zero-order valence-electron chi connectivity index (χ0n) is 9.73. The number of likely N-dealkylation sites (tertiary alicyclic amines) is 1. The van der Waals surface area contributed by atoms with Crippen LogP contribution in [0.25, 0.3) is 0 Å². The number of rotatable bonds is 1. The number of hydrogen-bond donors (Lipinski definition) is 1. The van der Waals surface area contributed by atoms with E-state index in [0.29, 0.717) is 23.1 Å². The van der Waals surface area contributed by atoms with Gasteiger partial charge in [0.1, 0.15) is 5.82 Å². The maximum absolute atomic E-state index is 13.1. The molecule has 18 heavy (non-hydrogen) atoms. The predicted octanol–water partition coefficient (Wildman–Crippen LogP) is 2.57. The van der Waals surface area contributed by atoms with Crippen LogP contribution in [0.2, 0.25) is 0 Å². The van der Waals surface area contributed by atoms with E-state index in [0.717, 1.165) is 12.8 Å². The first kappa shape index (κ1) is 15.4. The summed E-state index contributed by atoms with van der Waals surface area (Å²) in [5, 5.41) is 0. The Morgan fingerprint density at radius 2 is 2.22 bits per heavy atom. The maximum Gasteiger partial charge on any atom is 0.255 e. The average molecular weight is 338 g/mol. The number of benzene rings is 1. The van der Waals surface area contributed by atoms with E-state index in [-0.39, 0.29) is 24.4 Å². The highest BCUT2D eigenvalue weighted by Gasteiger charge is 2.23. The van der Waals surface area contributed by atoms with Gasteiger partial charge in [-0.05, 0) is 47.0 Å². The second-order valence-corrected chi connectivity index (χ2v) is 5.13. The molecule has 1 fully saturated rings. The first-order chi connectivity index (χ1) is 8.08. The smallest absolute Gasteiger partial charge is 0.255 e. The molecule has 0 aromatic heterocycles. The Hall–Kier alpha value is -0.650. The van der Waals surface area contributed by atoms with Gasteiger partial charge in [-0.3, -0.25) is 4.79 Å². The number of amides is 1. The zero-order chi connectivity index (χ0) is 12.4. The van der Waals surface area contributed by atoms with Crippen molar-refractivity contribution in [2.45, 2.75) is 18.9 Å². The fourth-order valence-corrected chi connectivity index (χ4v) is 2.44. The molecule has 1 aliphatic rings. The van der Waals surface area contributed by atoms with E-state index in [4.69, 9.17) is 5.73 Å². The van der Waals surface area contributed by atoms with Crippen molar-refractivity contribution in [2.24, 2.45) is 5.73 Å². The largest absolute Gasteiger partial charge is 0.337 e. The number of carbonyl (C=O) groups excluding carboxylic acids is 1. The lowest BCUT2D eigenvalue weighted by Crippen LogP contribution is -2.45. The number of carbonyl (C=O) groups is 1. The Kier molecular flexibility index (Phi) is 5.56. The molecule has 1 aliphatic heterocycles. The molecule has 0 bridgehead atoms. The van der Waals surface area contributed by atoms with Crippen LogP contribution in [0.15, 0.2) is 22.7 Å². The van der Waals surface area contributed by atoms with Gasteiger partial charge in [-0.25, -0.2) is 4.39 Å². The normalized spacial score (nSPS) is 19.3. The number of nitrogens with two attached hydrogens (primary N) is 1. The monoisotopic (exact) mass is 336 g/mol. The lowest BCUT2D eigenvalue weighted by Gasteiger charge is -2.31. The summed E-state index contributed by atoms with van der Waals surface area (Å²) in [6.45, 7) is 1.23. The second kappa shape index (κ2) is 6.50. The molecule has 3 nitrogen and oxygen atoms in total. The van der Waals surface area contributed by atoms with Crippen molar-refractivity contribution < 1.29 is 9.18 Å². The quantitative estimate of drug-likeness (QED) is 0.856. The first-order valence-corrected chi connectivity index (χ1v) is 6.37. The van der Waals surface area contributed by atoms with Gasteiger partial charge in [-0.2, -0.15) is 0 Å². The minimum atomic E-state index is -0.405. The van der Waals surface area contributed by atoms with Gasteiger partial charge in [-0.1, -0.05) is 0 Å². The minimum Gasteiger partial charge on any atom is -0.337 e. The summed E-state index contributed by atoms with van der Waals surface area (Å²) in [7, 11) is 0. The summed E-state index contributed by atoms with van der Waals surface area (Å²) in [5.74, 6) is -0.565. The number of nitrogens with zero attached hydrogens (tertiary/aromatic N) is 1. The third kappa shape index (κ3) is 3.43. The van der Waals surface area contributed by atoms with Crippen molar-refractivity contribution >= 4 is 34.2 Å². The standard InChI is InChI=1S/C12H14BrFN2O.ClH/c13-11-4-3-8(14)6-10(11)12(17)16-5-1-2-9(15)7-16;/h3-4,6,9H,1-2,5,7,15H2;1H/t9-;/m1./s1. The van der Waals surface area contributed by atoms with Crippen LogP contribution < -0.4 is 5.73 Å². The zero-order valence-corrected chi connectivity index (χ0v) is 12.1. The van der Waals surface area contributed by atoms with Crippen molar-refractivity contribution in [3.8, 4) is 0 Å². The van der Waals surface area contributed by atoms with Gasteiger partial charge in [0.25, 0.3) is 5.91 Å². The van der Waals surface area contributed by atoms with E-state index in [1.54, 1.807) is 11.0 Å². The van der Waals surface area contributed by atoms with Crippen molar-refractivity contribution in [3.63, 3.8) is 0 Å². The van der Waals surface area contributed by atoms with Gasteiger partial charge in [0.15, 0.2) is 0 Å². The first-order valence-electron chi connectivity index (χ1n) is 5.58. The van der Waals surface area contributed by atoms with Crippen LogP contribution >= 0.6 is 28.3 Å². The molecule has 6 heteroatoms. The fraction of sp³-hybridized carbons (Fsp3) is 0.417. The minimum absolute atomic E-state index is 0. The molecule has 1 aromatic carbocycles. The van der Waals surface area contributed by atoms with Gasteiger partial charge in [0.05, 0.1) is 5.56 Å². The summed E-state index contributed by atoms with van der Waals surface area (Å²) in [6.07, 6.45) is 1.84. The summed E-state index contributed by atoms with van der Waals surface area (Å²) >= 11 is 3.27. The van der Waals surface area contributed by atoms with Gasteiger partial charge >= 0.3 is 0 Å². The van der Waals surface area contributed by atoms with Crippen molar-refractivity contribution in [1.29, 1.82) is 0 Å². The Bertz CT molecular complexity index is 444. The highest BCUT2D eigenvalue weighted by atomic mass is 79.9. The fourth-order valence-electron chi connectivity index (χ4n) is 2.03. The molecular weight excluding hydrogens is 322 g/mol. The number of piperidine rings is 1. The molecule has 0 saturated carbocycles. The van der Waals surface area contributed by atoms with Crippen LogP contribution in [-0.2, 0) is 0 Å². The molecule has 2 N–H and O–H groups in total. The molecule has 1 heterocycles. The average Bonchev–Trinajstić information content (AvgIpc) is 2.31. The van der Waals surface area contributed by atoms with Crippen LogP contribution in [0, 0.1) is 5.82 Å². The van der Waals surface area contributed by atoms with Crippen LogP contribution in [0.5, 0.6) is 0 Å². The highest BCUT2D eigenvalue weighted by Crippen LogP contribution is 2.21. The molecule has 0 spiro atoms. The maximum atomic E-state index is 13.1. The van der Waals surface area contributed by atoms with Gasteiger partial charge in [0.2, 0.25) is 0 Å². The number of hydrogen-bond acceptors (Lipinski definition) is 2. The predicted molar refractivity (Wildman–Crippen MR) is 74.5 cm³/mol. The molecule has 1 saturated heterocycles. The molecule has 100 valence electrons. The SMILES string of the molecule is Cl.N[C@@H]1CCCN(C(=O)c2cc(F)ccc2Br)C1. The van der Waals surface area contributed by atoms with E-state index in [2.05, 4.69) is 15.9 Å². The lowest BCUT2D eigenvalue weighted by atomic mass is 10.1. The molecule has 2 rings (SSSR count). The Labute approximate surface area is 120 Å². The molecule has 0 aliphatic carbocycles. The van der Waals surface area contributed by atoms with E-state index >= 15 is 0 Å². The van der Waals surface area contributed by atoms with E-state index in [9.17, 15) is 9.18 Å².